The van der Waals surface area contributed by atoms with E-state index in [9.17, 15) is 19.7 Å². The predicted octanol–water partition coefficient (Wildman–Crippen LogP) is 2.65. The Balaban J connectivity index is 2.53. The molecule has 0 saturated heterocycles. The summed E-state index contributed by atoms with van der Waals surface area (Å²) in [7, 11) is 0. The summed E-state index contributed by atoms with van der Waals surface area (Å²) in [6.07, 6.45) is -0.0539. The molecule has 1 rings (SSSR count). The Bertz CT molecular complexity index is 545. The first-order valence-electron chi connectivity index (χ1n) is 6.18. The molecule has 7 nitrogen and oxygen atoms in total. The van der Waals surface area contributed by atoms with Crippen molar-refractivity contribution in [2.75, 3.05) is 13.2 Å². The minimum absolute atomic E-state index is 0.00712. The van der Waals surface area contributed by atoms with Gasteiger partial charge in [-0.2, -0.15) is 0 Å². The van der Waals surface area contributed by atoms with Gasteiger partial charge in [0.25, 0.3) is 0 Å². The predicted molar refractivity (Wildman–Crippen MR) is 77.2 cm³/mol. The Hall–Kier alpha value is -1.96. The van der Waals surface area contributed by atoms with Crippen molar-refractivity contribution in [2.45, 2.75) is 19.8 Å². The highest BCUT2D eigenvalue weighted by Gasteiger charge is 2.17. The van der Waals surface area contributed by atoms with Crippen LogP contribution in [0, 0.1) is 10.1 Å². The molecular weight excluding hydrogens is 346 g/mol. The average molecular weight is 360 g/mol. The molecule has 0 heterocycles. The third-order valence-corrected chi connectivity index (χ3v) is 2.91. The van der Waals surface area contributed by atoms with E-state index in [-0.39, 0.29) is 43.3 Å². The summed E-state index contributed by atoms with van der Waals surface area (Å²) >= 11 is 3.12. The van der Waals surface area contributed by atoms with Crippen molar-refractivity contribution in [1.29, 1.82) is 0 Å². The lowest BCUT2D eigenvalue weighted by atomic mass is 10.2. The van der Waals surface area contributed by atoms with Crippen LogP contribution in [0.3, 0.4) is 0 Å². The maximum absolute atomic E-state index is 11.6. The number of carbonyl (C=O) groups excluding carboxylic acids is 2. The summed E-state index contributed by atoms with van der Waals surface area (Å²) < 4.78 is 10.4. The molecule has 0 aliphatic carbocycles. The molecule has 114 valence electrons. The summed E-state index contributed by atoms with van der Waals surface area (Å²) in [6, 6.07) is 4.27. The van der Waals surface area contributed by atoms with E-state index in [1.165, 1.54) is 12.1 Å². The first-order chi connectivity index (χ1) is 9.93. The Kier molecular flexibility index (Phi) is 6.80. The number of Topliss-reactive ketones (excluding diaryl/α,β-unsaturated/α-hetero) is 1. The van der Waals surface area contributed by atoms with Crippen LogP contribution in [0.15, 0.2) is 22.7 Å². The van der Waals surface area contributed by atoms with Crippen LogP contribution in [0.2, 0.25) is 0 Å². The average Bonchev–Trinajstić information content (AvgIpc) is 2.44. The first kappa shape index (κ1) is 17.1. The highest BCUT2D eigenvalue weighted by atomic mass is 79.9. The zero-order valence-corrected chi connectivity index (χ0v) is 12.9. The van der Waals surface area contributed by atoms with Crippen LogP contribution in [0.5, 0.6) is 5.75 Å². The smallest absolute Gasteiger partial charge is 0.312 e. The third kappa shape index (κ3) is 5.90. The van der Waals surface area contributed by atoms with Crippen molar-refractivity contribution >= 4 is 33.4 Å². The molecule has 0 bridgehead atoms. The highest BCUT2D eigenvalue weighted by Crippen LogP contribution is 2.30. The quantitative estimate of drug-likeness (QED) is 0.402. The maximum atomic E-state index is 11.6. The number of nitro groups is 1. The number of hydrogen-bond acceptors (Lipinski definition) is 6. The van der Waals surface area contributed by atoms with Gasteiger partial charge in [-0.25, -0.2) is 0 Å². The molecule has 1 aromatic carbocycles. The van der Waals surface area contributed by atoms with Gasteiger partial charge in [-0.3, -0.25) is 19.7 Å². The molecule has 0 aliphatic heterocycles. The van der Waals surface area contributed by atoms with Gasteiger partial charge in [0.2, 0.25) is 0 Å². The monoisotopic (exact) mass is 359 g/mol. The van der Waals surface area contributed by atoms with Crippen molar-refractivity contribution in [3.63, 3.8) is 0 Å². The fourth-order valence-corrected chi connectivity index (χ4v) is 1.81. The second kappa shape index (κ2) is 8.35. The molecule has 0 aromatic heterocycles. The van der Waals surface area contributed by atoms with Crippen LogP contribution >= 0.6 is 15.9 Å². The van der Waals surface area contributed by atoms with Gasteiger partial charge in [0.05, 0.1) is 18.0 Å². The number of ketones is 1. The first-order valence-corrected chi connectivity index (χ1v) is 6.97. The van der Waals surface area contributed by atoms with Gasteiger partial charge in [0, 0.05) is 17.0 Å². The van der Waals surface area contributed by atoms with E-state index < -0.39 is 10.9 Å². The molecular formula is C13H14BrNO6. The molecule has 1 aromatic rings. The summed E-state index contributed by atoms with van der Waals surface area (Å²) in [5.41, 5.74) is -0.234. The van der Waals surface area contributed by atoms with Crippen LogP contribution in [-0.4, -0.2) is 29.9 Å². The number of halogens is 1. The third-order valence-electron chi connectivity index (χ3n) is 2.42. The number of nitro benzene ring substituents is 1. The lowest BCUT2D eigenvalue weighted by molar-refractivity contribution is -0.385. The Morgan fingerprint density at radius 3 is 2.67 bits per heavy atom. The molecule has 0 saturated carbocycles. The standard InChI is InChI=1S/C13H14BrNO6/c1-2-20-13(17)6-4-10(16)8-21-12-5-3-9(14)7-11(12)15(18)19/h3,5,7H,2,4,6,8H2,1H3. The van der Waals surface area contributed by atoms with E-state index in [2.05, 4.69) is 15.9 Å². The fraction of sp³-hybridized carbons (Fsp3) is 0.385. The van der Waals surface area contributed by atoms with Crippen molar-refractivity contribution in [2.24, 2.45) is 0 Å². The van der Waals surface area contributed by atoms with Gasteiger partial charge in [-0.15, -0.1) is 0 Å². The summed E-state index contributed by atoms with van der Waals surface area (Å²) in [4.78, 5) is 32.9. The summed E-state index contributed by atoms with van der Waals surface area (Å²) in [5, 5.41) is 10.9. The fourth-order valence-electron chi connectivity index (χ4n) is 1.46. The number of nitrogens with zero attached hydrogens (tertiary/aromatic N) is 1. The maximum Gasteiger partial charge on any atom is 0.312 e. The van der Waals surface area contributed by atoms with E-state index in [0.717, 1.165) is 0 Å². The zero-order chi connectivity index (χ0) is 15.8. The topological polar surface area (TPSA) is 95.7 Å². The molecule has 21 heavy (non-hydrogen) atoms. The van der Waals surface area contributed by atoms with Gasteiger partial charge < -0.3 is 9.47 Å². The number of ether oxygens (including phenoxy) is 2. The van der Waals surface area contributed by atoms with E-state index in [1.54, 1.807) is 13.0 Å². The highest BCUT2D eigenvalue weighted by molar-refractivity contribution is 9.10. The number of esters is 1. The van der Waals surface area contributed by atoms with Gasteiger partial charge in [-0.1, -0.05) is 15.9 Å². The molecule has 0 aliphatic rings. The van der Waals surface area contributed by atoms with E-state index in [0.29, 0.717) is 4.47 Å². The van der Waals surface area contributed by atoms with Crippen LogP contribution in [0.4, 0.5) is 5.69 Å². The SMILES string of the molecule is CCOC(=O)CCC(=O)COc1ccc(Br)cc1[N+](=O)[O-]. The number of carbonyl (C=O) groups is 2. The Morgan fingerprint density at radius 1 is 1.33 bits per heavy atom. The molecule has 0 radical (unpaired) electrons. The van der Waals surface area contributed by atoms with Crippen LogP contribution in [0.25, 0.3) is 0 Å². The summed E-state index contributed by atoms with van der Waals surface area (Å²) in [6.45, 7) is 1.60. The number of benzene rings is 1. The number of hydrogen-bond donors (Lipinski definition) is 0. The van der Waals surface area contributed by atoms with Crippen molar-refractivity contribution < 1.29 is 24.0 Å². The Labute approximate surface area is 129 Å². The van der Waals surface area contributed by atoms with Gasteiger partial charge in [0.15, 0.2) is 11.5 Å². The van der Waals surface area contributed by atoms with E-state index >= 15 is 0 Å². The molecule has 0 spiro atoms. The van der Waals surface area contributed by atoms with Crippen molar-refractivity contribution in [3.05, 3.63) is 32.8 Å². The van der Waals surface area contributed by atoms with E-state index in [4.69, 9.17) is 9.47 Å². The summed E-state index contributed by atoms with van der Waals surface area (Å²) in [5.74, 6) is -0.784. The lowest BCUT2D eigenvalue weighted by Gasteiger charge is -2.06. The molecule has 0 N–H and O–H groups in total. The van der Waals surface area contributed by atoms with Gasteiger partial charge in [0.1, 0.15) is 6.61 Å². The molecule has 0 fully saturated rings. The molecule has 8 heteroatoms. The van der Waals surface area contributed by atoms with Crippen LogP contribution in [0.1, 0.15) is 19.8 Å². The zero-order valence-electron chi connectivity index (χ0n) is 11.3. The lowest BCUT2D eigenvalue weighted by Crippen LogP contribution is -2.14. The minimum Gasteiger partial charge on any atom is -0.479 e. The normalized spacial score (nSPS) is 10.0. The number of rotatable bonds is 8. The second-order valence-electron chi connectivity index (χ2n) is 4.00. The van der Waals surface area contributed by atoms with E-state index in [1.807, 2.05) is 0 Å². The largest absolute Gasteiger partial charge is 0.479 e. The molecule has 0 amide bonds. The molecule has 0 atom stereocenters. The van der Waals surface area contributed by atoms with Crippen LogP contribution < -0.4 is 4.74 Å². The van der Waals surface area contributed by atoms with Crippen molar-refractivity contribution in [1.82, 2.24) is 0 Å². The Morgan fingerprint density at radius 2 is 2.05 bits per heavy atom. The second-order valence-corrected chi connectivity index (χ2v) is 4.92. The van der Waals surface area contributed by atoms with Crippen molar-refractivity contribution in [3.8, 4) is 5.75 Å². The van der Waals surface area contributed by atoms with Crippen LogP contribution in [-0.2, 0) is 14.3 Å². The molecule has 0 unspecified atom stereocenters. The van der Waals surface area contributed by atoms with Gasteiger partial charge >= 0.3 is 11.7 Å². The van der Waals surface area contributed by atoms with Gasteiger partial charge in [-0.05, 0) is 19.1 Å². The minimum atomic E-state index is -0.594.